The number of halogens is 1. The van der Waals surface area contributed by atoms with Gasteiger partial charge < -0.3 is 4.57 Å². The van der Waals surface area contributed by atoms with Crippen molar-refractivity contribution in [2.75, 3.05) is 0 Å². The third-order valence-corrected chi connectivity index (χ3v) is 5.75. The molecular formula is C14H17BrN2O2S. The van der Waals surface area contributed by atoms with E-state index in [4.69, 9.17) is 0 Å². The molecule has 20 heavy (non-hydrogen) atoms. The fraction of sp³-hybridized carbons (Fsp3) is 0.357. The molecule has 4 nitrogen and oxygen atoms in total. The zero-order chi connectivity index (χ0) is 15.1. The van der Waals surface area contributed by atoms with Crippen LogP contribution in [0.4, 0.5) is 0 Å². The summed E-state index contributed by atoms with van der Waals surface area (Å²) in [5.74, 6) is 0. The van der Waals surface area contributed by atoms with Gasteiger partial charge in [0.25, 0.3) is 0 Å². The number of sulfone groups is 1. The summed E-state index contributed by atoms with van der Waals surface area (Å²) in [5.41, 5.74) is 1.10. The van der Waals surface area contributed by atoms with E-state index in [-0.39, 0.29) is 15.3 Å². The Balaban J connectivity index is 2.48. The van der Waals surface area contributed by atoms with Crippen LogP contribution in [0.5, 0.6) is 0 Å². The molecule has 108 valence electrons. The van der Waals surface area contributed by atoms with Crippen LogP contribution in [-0.4, -0.2) is 18.0 Å². The van der Waals surface area contributed by atoms with Gasteiger partial charge in [0, 0.05) is 7.05 Å². The first-order valence-corrected chi connectivity index (χ1v) is 8.44. The molecule has 0 N–H and O–H groups in total. The van der Waals surface area contributed by atoms with Gasteiger partial charge in [0.2, 0.25) is 9.84 Å². The highest BCUT2D eigenvalue weighted by atomic mass is 79.9. The highest BCUT2D eigenvalue weighted by Crippen LogP contribution is 2.26. The van der Waals surface area contributed by atoms with E-state index in [1.54, 1.807) is 19.2 Å². The number of aromatic nitrogens is 2. The predicted molar refractivity (Wildman–Crippen MR) is 81.5 cm³/mol. The SMILES string of the molecule is Cn1c(S(=O)(=O)c2ccc(C(C)(C)C)cc2)cnc1Br. The molecule has 0 atom stereocenters. The van der Waals surface area contributed by atoms with Gasteiger partial charge in [-0.15, -0.1) is 0 Å². The summed E-state index contributed by atoms with van der Waals surface area (Å²) in [5, 5.41) is 0.174. The highest BCUT2D eigenvalue weighted by Gasteiger charge is 2.23. The number of imidazole rings is 1. The van der Waals surface area contributed by atoms with E-state index < -0.39 is 9.84 Å². The fourth-order valence-electron chi connectivity index (χ4n) is 1.88. The number of benzene rings is 1. The van der Waals surface area contributed by atoms with Crippen molar-refractivity contribution in [1.29, 1.82) is 0 Å². The maximum absolute atomic E-state index is 12.5. The highest BCUT2D eigenvalue weighted by molar-refractivity contribution is 9.10. The van der Waals surface area contributed by atoms with Crippen molar-refractivity contribution in [3.63, 3.8) is 0 Å². The van der Waals surface area contributed by atoms with Crippen LogP contribution in [0.1, 0.15) is 26.3 Å². The van der Waals surface area contributed by atoms with Gasteiger partial charge >= 0.3 is 0 Å². The molecule has 0 saturated carbocycles. The quantitative estimate of drug-likeness (QED) is 0.829. The average Bonchev–Trinajstić information content (AvgIpc) is 2.69. The predicted octanol–water partition coefficient (Wildman–Crippen LogP) is 3.31. The van der Waals surface area contributed by atoms with Gasteiger partial charge in [-0.05, 0) is 39.0 Å². The van der Waals surface area contributed by atoms with E-state index in [0.717, 1.165) is 5.56 Å². The molecule has 0 spiro atoms. The molecule has 0 fully saturated rings. The molecule has 0 aliphatic carbocycles. The Labute approximate surface area is 127 Å². The summed E-state index contributed by atoms with van der Waals surface area (Å²) in [6.45, 7) is 6.28. The second kappa shape index (κ2) is 5.00. The minimum Gasteiger partial charge on any atom is -0.313 e. The maximum Gasteiger partial charge on any atom is 0.223 e. The summed E-state index contributed by atoms with van der Waals surface area (Å²) >= 11 is 3.21. The van der Waals surface area contributed by atoms with Crippen LogP contribution in [0.2, 0.25) is 0 Å². The lowest BCUT2D eigenvalue weighted by molar-refractivity contribution is 0.581. The zero-order valence-electron chi connectivity index (χ0n) is 11.9. The first-order valence-electron chi connectivity index (χ1n) is 6.17. The van der Waals surface area contributed by atoms with Crippen LogP contribution in [0.3, 0.4) is 0 Å². The van der Waals surface area contributed by atoms with Crippen LogP contribution >= 0.6 is 15.9 Å². The molecular weight excluding hydrogens is 340 g/mol. The normalized spacial score (nSPS) is 12.7. The van der Waals surface area contributed by atoms with E-state index in [1.165, 1.54) is 10.8 Å². The number of hydrogen-bond donors (Lipinski definition) is 0. The monoisotopic (exact) mass is 356 g/mol. The third-order valence-electron chi connectivity index (χ3n) is 3.19. The zero-order valence-corrected chi connectivity index (χ0v) is 14.3. The van der Waals surface area contributed by atoms with Gasteiger partial charge in [0.05, 0.1) is 11.1 Å². The summed E-state index contributed by atoms with van der Waals surface area (Å²) in [4.78, 5) is 4.24. The first kappa shape index (κ1) is 15.3. The lowest BCUT2D eigenvalue weighted by atomic mass is 9.87. The van der Waals surface area contributed by atoms with Crippen molar-refractivity contribution < 1.29 is 8.42 Å². The molecule has 0 unspecified atom stereocenters. The second-order valence-electron chi connectivity index (χ2n) is 5.70. The van der Waals surface area contributed by atoms with Crippen LogP contribution in [0.15, 0.2) is 45.1 Å². The molecule has 1 heterocycles. The molecule has 1 aromatic heterocycles. The van der Waals surface area contributed by atoms with E-state index >= 15 is 0 Å². The molecule has 0 aliphatic rings. The maximum atomic E-state index is 12.5. The molecule has 0 saturated heterocycles. The summed E-state index contributed by atoms with van der Waals surface area (Å²) in [7, 11) is -1.88. The Bertz CT molecular complexity index is 726. The van der Waals surface area contributed by atoms with Gasteiger partial charge in [0.15, 0.2) is 9.76 Å². The Morgan fingerprint density at radius 1 is 1.15 bits per heavy atom. The lowest BCUT2D eigenvalue weighted by Gasteiger charge is -2.19. The first-order chi connectivity index (χ1) is 9.14. The Morgan fingerprint density at radius 2 is 1.70 bits per heavy atom. The van der Waals surface area contributed by atoms with Gasteiger partial charge in [-0.3, -0.25) is 0 Å². The van der Waals surface area contributed by atoms with E-state index in [1.807, 2.05) is 12.1 Å². The minimum atomic E-state index is -3.54. The van der Waals surface area contributed by atoms with Crippen LogP contribution in [0, 0.1) is 0 Å². The smallest absolute Gasteiger partial charge is 0.223 e. The van der Waals surface area contributed by atoms with E-state index in [0.29, 0.717) is 4.73 Å². The largest absolute Gasteiger partial charge is 0.313 e. The molecule has 2 rings (SSSR count). The molecule has 2 aromatic rings. The van der Waals surface area contributed by atoms with Crippen LogP contribution in [0.25, 0.3) is 0 Å². The molecule has 0 aliphatic heterocycles. The summed E-state index contributed by atoms with van der Waals surface area (Å²) in [6, 6.07) is 7.02. The Morgan fingerprint density at radius 3 is 2.10 bits per heavy atom. The lowest BCUT2D eigenvalue weighted by Crippen LogP contribution is -2.12. The molecule has 1 aromatic carbocycles. The van der Waals surface area contributed by atoms with Crippen molar-refractivity contribution in [3.05, 3.63) is 40.8 Å². The van der Waals surface area contributed by atoms with Crippen LogP contribution in [-0.2, 0) is 22.3 Å². The number of hydrogen-bond acceptors (Lipinski definition) is 3. The van der Waals surface area contributed by atoms with E-state index in [9.17, 15) is 8.42 Å². The van der Waals surface area contributed by atoms with Crippen LogP contribution < -0.4 is 0 Å². The van der Waals surface area contributed by atoms with Gasteiger partial charge in [0.1, 0.15) is 0 Å². The molecule has 6 heteroatoms. The Kier molecular flexibility index (Phi) is 3.81. The second-order valence-corrected chi connectivity index (χ2v) is 8.31. The third kappa shape index (κ3) is 2.67. The van der Waals surface area contributed by atoms with Crippen molar-refractivity contribution in [2.24, 2.45) is 7.05 Å². The van der Waals surface area contributed by atoms with Gasteiger partial charge in [-0.2, -0.15) is 0 Å². The molecule has 0 radical (unpaired) electrons. The topological polar surface area (TPSA) is 52.0 Å². The van der Waals surface area contributed by atoms with Crippen molar-refractivity contribution in [3.8, 4) is 0 Å². The molecule has 0 amide bonds. The van der Waals surface area contributed by atoms with Crippen molar-refractivity contribution >= 4 is 25.8 Å². The average molecular weight is 357 g/mol. The Hall–Kier alpha value is -1.14. The summed E-state index contributed by atoms with van der Waals surface area (Å²) in [6.07, 6.45) is 1.36. The number of rotatable bonds is 2. The standard InChI is InChI=1S/C14H17BrN2O2S/c1-14(2,3)10-5-7-11(8-6-10)20(18,19)12-9-16-13(15)17(12)4/h5-9H,1-4H3. The van der Waals surface area contributed by atoms with Crippen molar-refractivity contribution in [2.45, 2.75) is 36.1 Å². The fourth-order valence-corrected chi connectivity index (χ4v) is 3.66. The van der Waals surface area contributed by atoms with Gasteiger partial charge in [-0.25, -0.2) is 13.4 Å². The van der Waals surface area contributed by atoms with Crippen molar-refractivity contribution in [1.82, 2.24) is 9.55 Å². The van der Waals surface area contributed by atoms with E-state index in [2.05, 4.69) is 41.7 Å². The minimum absolute atomic E-state index is 0.00213. The molecule has 0 bridgehead atoms. The van der Waals surface area contributed by atoms with Gasteiger partial charge in [-0.1, -0.05) is 32.9 Å². The number of nitrogens with zero attached hydrogens (tertiary/aromatic N) is 2. The summed E-state index contributed by atoms with van der Waals surface area (Å²) < 4.78 is 27.1.